The van der Waals surface area contributed by atoms with Crippen LogP contribution in [0.25, 0.3) is 11.1 Å². The highest BCUT2D eigenvalue weighted by atomic mass is 16.5. The maximum absolute atomic E-state index is 12.3. The summed E-state index contributed by atoms with van der Waals surface area (Å²) in [6.45, 7) is 4.16. The Labute approximate surface area is 144 Å². The summed E-state index contributed by atoms with van der Waals surface area (Å²) in [5.74, 6) is 1.22. The summed E-state index contributed by atoms with van der Waals surface area (Å²) >= 11 is 0. The second-order valence-electron chi connectivity index (χ2n) is 5.55. The van der Waals surface area contributed by atoms with Crippen LogP contribution in [0.5, 0.6) is 0 Å². The maximum Gasteiger partial charge on any atom is 0.251 e. The molecule has 2 aromatic heterocycles. The lowest BCUT2D eigenvalue weighted by Gasteiger charge is -2.06. The van der Waals surface area contributed by atoms with Crippen molar-refractivity contribution in [1.29, 1.82) is 0 Å². The smallest absolute Gasteiger partial charge is 0.251 e. The molecule has 130 valence electrons. The van der Waals surface area contributed by atoms with E-state index in [0.717, 1.165) is 5.56 Å². The summed E-state index contributed by atoms with van der Waals surface area (Å²) in [6.07, 6.45) is 1.20. The first-order valence-electron chi connectivity index (χ1n) is 8.00. The summed E-state index contributed by atoms with van der Waals surface area (Å²) in [5.41, 5.74) is 8.50. The summed E-state index contributed by atoms with van der Waals surface area (Å²) in [4.78, 5) is 16.5. The van der Waals surface area contributed by atoms with Crippen LogP contribution in [0.4, 0.5) is 5.88 Å². The second kappa shape index (κ2) is 7.16. The van der Waals surface area contributed by atoms with Crippen molar-refractivity contribution in [3.63, 3.8) is 0 Å². The minimum Gasteiger partial charge on any atom is -0.367 e. The number of hydrogen-bond donors (Lipinski definition) is 2. The van der Waals surface area contributed by atoms with Crippen molar-refractivity contribution in [2.45, 2.75) is 26.7 Å². The van der Waals surface area contributed by atoms with Crippen molar-refractivity contribution >= 4 is 11.8 Å². The number of anilines is 1. The van der Waals surface area contributed by atoms with Gasteiger partial charge in [-0.15, -0.1) is 0 Å². The minimum absolute atomic E-state index is 0.190. The number of rotatable bonds is 6. The van der Waals surface area contributed by atoms with Crippen molar-refractivity contribution in [3.8, 4) is 11.1 Å². The van der Waals surface area contributed by atoms with Crippen LogP contribution in [0, 0.1) is 6.92 Å². The SMILES string of the molecule is CCc1noc(CCNC(=O)c2cccc(-c3c(C)noc3N)c2)n1. The molecule has 0 aliphatic rings. The number of aryl methyl sites for hydroxylation is 2. The van der Waals surface area contributed by atoms with Crippen molar-refractivity contribution in [1.82, 2.24) is 20.6 Å². The molecule has 0 aliphatic heterocycles. The molecule has 0 saturated heterocycles. The number of nitrogens with one attached hydrogen (secondary N) is 1. The van der Waals surface area contributed by atoms with Crippen LogP contribution >= 0.6 is 0 Å². The van der Waals surface area contributed by atoms with Crippen LogP contribution in [0.2, 0.25) is 0 Å². The lowest BCUT2D eigenvalue weighted by molar-refractivity contribution is 0.0953. The zero-order valence-electron chi connectivity index (χ0n) is 14.1. The molecule has 0 fully saturated rings. The fraction of sp³-hybridized carbons (Fsp3) is 0.294. The van der Waals surface area contributed by atoms with Gasteiger partial charge in [-0.25, -0.2) is 0 Å². The molecule has 1 aromatic carbocycles. The number of carbonyl (C=O) groups excluding carboxylic acids is 1. The molecule has 3 aromatic rings. The number of nitrogens with two attached hydrogens (primary N) is 1. The molecule has 8 nitrogen and oxygen atoms in total. The van der Waals surface area contributed by atoms with Gasteiger partial charge < -0.3 is 20.1 Å². The van der Waals surface area contributed by atoms with Crippen LogP contribution in [0.3, 0.4) is 0 Å². The van der Waals surface area contributed by atoms with E-state index in [2.05, 4.69) is 20.6 Å². The fourth-order valence-corrected chi connectivity index (χ4v) is 2.47. The Morgan fingerprint density at radius 1 is 1.28 bits per heavy atom. The Morgan fingerprint density at radius 2 is 2.12 bits per heavy atom. The van der Waals surface area contributed by atoms with E-state index in [1.165, 1.54) is 0 Å². The van der Waals surface area contributed by atoms with E-state index in [-0.39, 0.29) is 11.8 Å². The predicted octanol–water partition coefficient (Wildman–Crippen LogP) is 2.15. The van der Waals surface area contributed by atoms with E-state index in [4.69, 9.17) is 14.8 Å². The van der Waals surface area contributed by atoms with Gasteiger partial charge in [-0.3, -0.25) is 4.79 Å². The molecule has 3 N–H and O–H groups in total. The van der Waals surface area contributed by atoms with Gasteiger partial charge in [-0.05, 0) is 24.6 Å². The molecule has 8 heteroatoms. The first-order valence-corrected chi connectivity index (χ1v) is 8.00. The van der Waals surface area contributed by atoms with Crippen LogP contribution in [-0.2, 0) is 12.8 Å². The van der Waals surface area contributed by atoms with Crippen molar-refractivity contribution in [3.05, 3.63) is 47.2 Å². The van der Waals surface area contributed by atoms with Gasteiger partial charge in [0.05, 0.1) is 11.3 Å². The van der Waals surface area contributed by atoms with Gasteiger partial charge in [-0.1, -0.05) is 29.4 Å². The molecule has 3 rings (SSSR count). The zero-order valence-corrected chi connectivity index (χ0v) is 14.1. The molecule has 0 spiro atoms. The van der Waals surface area contributed by atoms with Gasteiger partial charge in [-0.2, -0.15) is 4.98 Å². The lowest BCUT2D eigenvalue weighted by Crippen LogP contribution is -2.25. The number of carbonyl (C=O) groups is 1. The fourth-order valence-electron chi connectivity index (χ4n) is 2.47. The van der Waals surface area contributed by atoms with Gasteiger partial charge in [0, 0.05) is 24.9 Å². The van der Waals surface area contributed by atoms with E-state index >= 15 is 0 Å². The van der Waals surface area contributed by atoms with Crippen molar-refractivity contribution in [2.24, 2.45) is 0 Å². The third-order valence-corrected chi connectivity index (χ3v) is 3.75. The summed E-state index contributed by atoms with van der Waals surface area (Å²) in [6, 6.07) is 7.14. The number of benzene rings is 1. The highest BCUT2D eigenvalue weighted by molar-refractivity contribution is 5.95. The molecule has 2 heterocycles. The highest BCUT2D eigenvalue weighted by Crippen LogP contribution is 2.29. The summed E-state index contributed by atoms with van der Waals surface area (Å²) < 4.78 is 10.1. The molecule has 25 heavy (non-hydrogen) atoms. The van der Waals surface area contributed by atoms with Gasteiger partial charge in [0.15, 0.2) is 5.82 Å². The molecule has 0 saturated carbocycles. The van der Waals surface area contributed by atoms with E-state index < -0.39 is 0 Å². The Kier molecular flexibility index (Phi) is 4.78. The van der Waals surface area contributed by atoms with Gasteiger partial charge in [0.2, 0.25) is 11.8 Å². The summed E-state index contributed by atoms with van der Waals surface area (Å²) in [7, 11) is 0. The molecule has 0 bridgehead atoms. The Hall–Kier alpha value is -3.16. The molecule has 1 amide bonds. The standard InChI is InChI=1S/C17H19N5O3/c1-3-13-20-14(24-22-13)7-8-19-17(23)12-6-4-5-11(9-12)15-10(2)21-25-16(15)18/h4-6,9H,3,7-8,18H2,1-2H3,(H,19,23). The molecular weight excluding hydrogens is 322 g/mol. The maximum atomic E-state index is 12.3. The van der Waals surface area contributed by atoms with Crippen LogP contribution in [0.15, 0.2) is 33.3 Å². The van der Waals surface area contributed by atoms with Crippen LogP contribution < -0.4 is 11.1 Å². The zero-order chi connectivity index (χ0) is 17.8. The third-order valence-electron chi connectivity index (χ3n) is 3.75. The largest absolute Gasteiger partial charge is 0.367 e. The van der Waals surface area contributed by atoms with Crippen molar-refractivity contribution in [2.75, 3.05) is 12.3 Å². The number of nitrogens with zero attached hydrogens (tertiary/aromatic N) is 3. The van der Waals surface area contributed by atoms with Crippen LogP contribution in [0.1, 0.15) is 34.7 Å². The monoisotopic (exact) mass is 341 g/mol. The average Bonchev–Trinajstić information content (AvgIpc) is 3.21. The second-order valence-corrected chi connectivity index (χ2v) is 5.55. The van der Waals surface area contributed by atoms with Crippen molar-refractivity contribution < 1.29 is 13.8 Å². The van der Waals surface area contributed by atoms with Gasteiger partial charge in [0.25, 0.3) is 5.91 Å². The topological polar surface area (TPSA) is 120 Å². The molecular formula is C17H19N5O3. The third kappa shape index (κ3) is 3.68. The Morgan fingerprint density at radius 3 is 2.80 bits per heavy atom. The first kappa shape index (κ1) is 16.7. The summed E-state index contributed by atoms with van der Waals surface area (Å²) in [5, 5.41) is 10.5. The average molecular weight is 341 g/mol. The molecule has 0 unspecified atom stereocenters. The van der Waals surface area contributed by atoms with E-state index in [1.54, 1.807) is 25.1 Å². The number of aromatic nitrogens is 3. The quantitative estimate of drug-likeness (QED) is 0.704. The number of amides is 1. The lowest BCUT2D eigenvalue weighted by atomic mass is 10.0. The first-order chi connectivity index (χ1) is 12.1. The van der Waals surface area contributed by atoms with E-state index in [9.17, 15) is 4.79 Å². The molecule has 0 aliphatic carbocycles. The number of hydrogen-bond acceptors (Lipinski definition) is 7. The van der Waals surface area contributed by atoms with E-state index in [0.29, 0.717) is 47.9 Å². The Balaban J connectivity index is 1.65. The highest BCUT2D eigenvalue weighted by Gasteiger charge is 2.14. The minimum atomic E-state index is -0.190. The molecule has 0 atom stereocenters. The van der Waals surface area contributed by atoms with Crippen LogP contribution in [-0.4, -0.2) is 27.7 Å². The normalized spacial score (nSPS) is 10.8. The Bertz CT molecular complexity index is 865. The predicted molar refractivity (Wildman–Crippen MR) is 90.8 cm³/mol. The van der Waals surface area contributed by atoms with E-state index in [1.807, 2.05) is 13.0 Å². The van der Waals surface area contributed by atoms with Gasteiger partial charge in [0.1, 0.15) is 0 Å². The van der Waals surface area contributed by atoms with Gasteiger partial charge >= 0.3 is 0 Å². The molecule has 0 radical (unpaired) electrons. The number of nitrogen functional groups attached to an aromatic ring is 1.